The molecule has 0 saturated heterocycles. The first-order chi connectivity index (χ1) is 12.8. The van der Waals surface area contributed by atoms with E-state index in [1.165, 1.54) is 5.56 Å². The Balaban J connectivity index is 1.49. The number of hydrogen-bond donors (Lipinski definition) is 0. The average Bonchev–Trinajstić information content (AvgIpc) is 3.12. The topological polar surface area (TPSA) is 44.2 Å². The summed E-state index contributed by atoms with van der Waals surface area (Å²) in [5.41, 5.74) is 3.44. The number of rotatable bonds is 6. The second-order valence-electron chi connectivity index (χ2n) is 5.88. The maximum absolute atomic E-state index is 5.92. The molecule has 4 aromatic rings. The Morgan fingerprint density at radius 2 is 1.65 bits per heavy atom. The van der Waals surface area contributed by atoms with E-state index in [-0.39, 0.29) is 0 Å². The van der Waals surface area contributed by atoms with E-state index in [9.17, 15) is 0 Å². The molecule has 0 N–H and O–H groups in total. The van der Waals surface area contributed by atoms with Gasteiger partial charge in [-0.05, 0) is 24.6 Å². The lowest BCUT2D eigenvalue weighted by Gasteiger charge is -2.09. The van der Waals surface area contributed by atoms with Crippen LogP contribution in [0.25, 0.3) is 21.3 Å². The van der Waals surface area contributed by atoms with Crippen molar-refractivity contribution in [1.82, 2.24) is 9.97 Å². The summed E-state index contributed by atoms with van der Waals surface area (Å²) >= 11 is 1.60. The highest BCUT2D eigenvalue weighted by Crippen LogP contribution is 2.37. The highest BCUT2D eigenvalue weighted by molar-refractivity contribution is 7.17. The van der Waals surface area contributed by atoms with E-state index in [4.69, 9.17) is 9.47 Å². The number of nitrogens with zero attached hydrogens (tertiary/aromatic N) is 2. The largest absolute Gasteiger partial charge is 0.490 e. The molecule has 130 valence electrons. The fourth-order valence-corrected chi connectivity index (χ4v) is 3.63. The van der Waals surface area contributed by atoms with Crippen molar-refractivity contribution in [2.75, 3.05) is 13.2 Å². The number of aromatic nitrogens is 2. The van der Waals surface area contributed by atoms with Gasteiger partial charge in [0.05, 0.1) is 5.39 Å². The lowest BCUT2D eigenvalue weighted by Crippen LogP contribution is -2.10. The van der Waals surface area contributed by atoms with E-state index >= 15 is 0 Å². The quantitative estimate of drug-likeness (QED) is 0.446. The normalized spacial score (nSPS) is 10.8. The smallest absolute Gasteiger partial charge is 0.226 e. The molecular weight excluding hydrogens is 344 g/mol. The zero-order valence-corrected chi connectivity index (χ0v) is 15.2. The fourth-order valence-electron chi connectivity index (χ4n) is 2.72. The summed E-state index contributed by atoms with van der Waals surface area (Å²) in [5, 5.41) is 3.06. The first-order valence-electron chi connectivity index (χ1n) is 8.41. The van der Waals surface area contributed by atoms with Crippen molar-refractivity contribution in [3.8, 4) is 22.8 Å². The molecule has 2 heterocycles. The van der Waals surface area contributed by atoms with Crippen LogP contribution in [0.1, 0.15) is 5.56 Å². The molecule has 0 saturated carbocycles. The predicted molar refractivity (Wildman–Crippen MR) is 105 cm³/mol. The first-order valence-corrected chi connectivity index (χ1v) is 9.29. The SMILES string of the molecule is Cc1ccc(OCCOc2ncnc3scc(-c4ccccc4)c23)cc1. The molecule has 4 rings (SSSR count). The molecule has 0 fully saturated rings. The Morgan fingerprint density at radius 1 is 0.885 bits per heavy atom. The van der Waals surface area contributed by atoms with Crippen LogP contribution in [0, 0.1) is 6.92 Å². The summed E-state index contributed by atoms with van der Waals surface area (Å²) < 4.78 is 11.6. The van der Waals surface area contributed by atoms with E-state index in [1.54, 1.807) is 17.7 Å². The van der Waals surface area contributed by atoms with Crippen molar-refractivity contribution in [3.05, 3.63) is 71.9 Å². The van der Waals surface area contributed by atoms with Crippen LogP contribution < -0.4 is 9.47 Å². The summed E-state index contributed by atoms with van der Waals surface area (Å²) in [6.07, 6.45) is 1.55. The summed E-state index contributed by atoms with van der Waals surface area (Å²) in [4.78, 5) is 9.63. The molecular formula is C21H18N2O2S. The Labute approximate surface area is 156 Å². The number of fused-ring (bicyclic) bond motifs is 1. The molecule has 0 unspecified atom stereocenters. The Kier molecular flexibility index (Phi) is 4.80. The van der Waals surface area contributed by atoms with Crippen LogP contribution in [0.3, 0.4) is 0 Å². The molecule has 0 atom stereocenters. The van der Waals surface area contributed by atoms with Gasteiger partial charge < -0.3 is 9.47 Å². The van der Waals surface area contributed by atoms with Crippen LogP contribution in [0.15, 0.2) is 66.3 Å². The third-order valence-corrected chi connectivity index (χ3v) is 4.92. The summed E-state index contributed by atoms with van der Waals surface area (Å²) in [7, 11) is 0. The summed E-state index contributed by atoms with van der Waals surface area (Å²) in [6, 6.07) is 18.2. The van der Waals surface area contributed by atoms with Crippen LogP contribution in [0.5, 0.6) is 11.6 Å². The monoisotopic (exact) mass is 362 g/mol. The van der Waals surface area contributed by atoms with Gasteiger partial charge in [0.1, 0.15) is 30.1 Å². The van der Waals surface area contributed by atoms with Crippen LogP contribution in [-0.2, 0) is 0 Å². The summed E-state index contributed by atoms with van der Waals surface area (Å²) in [5.74, 6) is 1.44. The summed E-state index contributed by atoms with van der Waals surface area (Å²) in [6.45, 7) is 2.93. The minimum absolute atomic E-state index is 0.421. The van der Waals surface area contributed by atoms with Crippen molar-refractivity contribution < 1.29 is 9.47 Å². The third kappa shape index (κ3) is 3.53. The van der Waals surface area contributed by atoms with Gasteiger partial charge in [0.25, 0.3) is 0 Å². The zero-order valence-electron chi connectivity index (χ0n) is 14.4. The molecule has 5 heteroatoms. The molecule has 0 bridgehead atoms. The maximum Gasteiger partial charge on any atom is 0.226 e. The van der Waals surface area contributed by atoms with Crippen molar-refractivity contribution in [2.24, 2.45) is 0 Å². The fraction of sp³-hybridized carbons (Fsp3) is 0.143. The Hall–Kier alpha value is -2.92. The number of benzene rings is 2. The molecule has 26 heavy (non-hydrogen) atoms. The predicted octanol–water partition coefficient (Wildman–Crippen LogP) is 5.12. The van der Waals surface area contributed by atoms with Gasteiger partial charge in [-0.25, -0.2) is 9.97 Å². The van der Waals surface area contributed by atoms with Gasteiger partial charge in [-0.3, -0.25) is 0 Å². The number of hydrogen-bond acceptors (Lipinski definition) is 5. The second kappa shape index (κ2) is 7.54. The van der Waals surface area contributed by atoms with Gasteiger partial charge >= 0.3 is 0 Å². The van der Waals surface area contributed by atoms with Gasteiger partial charge in [-0.15, -0.1) is 11.3 Å². The van der Waals surface area contributed by atoms with Crippen LogP contribution >= 0.6 is 11.3 Å². The molecule has 2 aromatic heterocycles. The molecule has 0 spiro atoms. The van der Waals surface area contributed by atoms with Gasteiger partial charge in [0.15, 0.2) is 0 Å². The van der Waals surface area contributed by atoms with Gasteiger partial charge in [0, 0.05) is 10.9 Å². The average molecular weight is 362 g/mol. The molecule has 0 aliphatic heterocycles. The van der Waals surface area contributed by atoms with E-state index in [1.807, 2.05) is 42.5 Å². The number of thiophene rings is 1. The minimum Gasteiger partial charge on any atom is -0.490 e. The number of aryl methyl sites for hydroxylation is 1. The van der Waals surface area contributed by atoms with Crippen molar-refractivity contribution in [1.29, 1.82) is 0 Å². The van der Waals surface area contributed by atoms with Crippen LogP contribution in [-0.4, -0.2) is 23.2 Å². The van der Waals surface area contributed by atoms with Gasteiger partial charge in [-0.2, -0.15) is 0 Å². The van der Waals surface area contributed by atoms with Crippen LogP contribution in [0.4, 0.5) is 0 Å². The zero-order chi connectivity index (χ0) is 17.8. The van der Waals surface area contributed by atoms with Crippen molar-refractivity contribution >= 4 is 21.6 Å². The van der Waals surface area contributed by atoms with E-state index in [0.717, 1.165) is 27.1 Å². The second-order valence-corrected chi connectivity index (χ2v) is 6.74. The van der Waals surface area contributed by atoms with E-state index in [0.29, 0.717) is 19.1 Å². The number of ether oxygens (including phenoxy) is 2. The molecule has 2 aromatic carbocycles. The standard InChI is InChI=1S/C21H18N2O2S/c1-15-7-9-17(10-8-15)24-11-12-25-20-19-18(16-5-3-2-4-6-16)13-26-21(19)23-14-22-20/h2-10,13-14H,11-12H2,1H3. The highest BCUT2D eigenvalue weighted by Gasteiger charge is 2.14. The van der Waals surface area contributed by atoms with Gasteiger partial charge in [0.2, 0.25) is 5.88 Å². The van der Waals surface area contributed by atoms with Crippen molar-refractivity contribution in [2.45, 2.75) is 6.92 Å². The van der Waals surface area contributed by atoms with E-state index in [2.05, 4.69) is 34.4 Å². The Bertz CT molecular complexity index is 998. The van der Waals surface area contributed by atoms with Crippen molar-refractivity contribution in [3.63, 3.8) is 0 Å². The molecule has 0 aliphatic carbocycles. The van der Waals surface area contributed by atoms with Crippen LogP contribution in [0.2, 0.25) is 0 Å². The molecule has 0 aliphatic rings. The molecule has 0 radical (unpaired) electrons. The maximum atomic E-state index is 5.92. The molecule has 0 amide bonds. The third-order valence-electron chi connectivity index (χ3n) is 4.03. The van der Waals surface area contributed by atoms with Gasteiger partial charge in [-0.1, -0.05) is 48.0 Å². The lowest BCUT2D eigenvalue weighted by molar-refractivity contribution is 0.213. The van der Waals surface area contributed by atoms with E-state index < -0.39 is 0 Å². The lowest BCUT2D eigenvalue weighted by atomic mass is 10.1. The highest BCUT2D eigenvalue weighted by atomic mass is 32.1. The molecule has 4 nitrogen and oxygen atoms in total. The Morgan fingerprint density at radius 3 is 2.46 bits per heavy atom. The minimum atomic E-state index is 0.421. The first kappa shape index (κ1) is 16.5.